The normalized spacial score (nSPS) is 12.0. The van der Waals surface area contributed by atoms with Gasteiger partial charge in [-0.25, -0.2) is 0 Å². The van der Waals surface area contributed by atoms with E-state index in [0.717, 1.165) is 22.4 Å². The molecule has 2 heteroatoms. The predicted molar refractivity (Wildman–Crippen MR) is 218 cm³/mol. The van der Waals surface area contributed by atoms with Crippen molar-refractivity contribution in [3.63, 3.8) is 0 Å². The molecule has 0 amide bonds. The van der Waals surface area contributed by atoms with Crippen molar-refractivity contribution in [1.29, 1.82) is 0 Å². The Labute approximate surface area is 297 Å². The van der Waals surface area contributed by atoms with E-state index in [1.807, 2.05) is 19.1 Å². The van der Waals surface area contributed by atoms with Crippen molar-refractivity contribution in [3.05, 3.63) is 182 Å². The minimum Gasteiger partial charge on any atom is -0.309 e. The summed E-state index contributed by atoms with van der Waals surface area (Å²) in [5, 5.41) is 4.86. The summed E-state index contributed by atoms with van der Waals surface area (Å²) in [7, 11) is 0. The van der Waals surface area contributed by atoms with E-state index < -0.39 is 0 Å². The molecule has 2 nitrogen and oxygen atoms in total. The number of hydrogen-bond acceptors (Lipinski definition) is 0. The summed E-state index contributed by atoms with van der Waals surface area (Å²) in [6, 6.07) is 59.2. The molecule has 51 heavy (non-hydrogen) atoms. The molecule has 0 fully saturated rings. The second kappa shape index (κ2) is 12.6. The number of aromatic nitrogens is 2. The lowest BCUT2D eigenvalue weighted by molar-refractivity contribution is 1.18. The van der Waals surface area contributed by atoms with E-state index in [1.54, 1.807) is 0 Å². The Hall–Kier alpha value is -6.82. The Morgan fingerprint density at radius 2 is 0.980 bits per heavy atom. The van der Waals surface area contributed by atoms with Crippen LogP contribution in [0.25, 0.3) is 88.4 Å². The fourth-order valence-electron chi connectivity index (χ4n) is 7.60. The molecule has 0 spiro atoms. The Morgan fingerprint density at radius 3 is 1.65 bits per heavy atom. The smallest absolute Gasteiger partial charge is 0.0547 e. The highest BCUT2D eigenvalue weighted by Crippen LogP contribution is 2.39. The average Bonchev–Trinajstić information content (AvgIpc) is 3.70. The third kappa shape index (κ3) is 5.16. The lowest BCUT2D eigenvalue weighted by Gasteiger charge is -2.10. The molecule has 9 aromatic rings. The van der Waals surface area contributed by atoms with Crippen molar-refractivity contribution < 1.29 is 0 Å². The monoisotopic (exact) mass is 650 g/mol. The maximum atomic E-state index is 5.86. The maximum Gasteiger partial charge on any atom is 0.0547 e. The number of terminal acetylenes is 1. The van der Waals surface area contributed by atoms with Crippen LogP contribution in [-0.4, -0.2) is 9.13 Å². The van der Waals surface area contributed by atoms with Gasteiger partial charge in [-0.3, -0.25) is 0 Å². The number of para-hydroxylation sites is 2. The Morgan fingerprint density at radius 1 is 0.471 bits per heavy atom. The molecule has 0 radical (unpaired) electrons. The number of hydrogen-bond donors (Lipinski definition) is 0. The quantitative estimate of drug-likeness (QED) is 0.125. The van der Waals surface area contributed by atoms with Gasteiger partial charge in [0.2, 0.25) is 0 Å². The van der Waals surface area contributed by atoms with Crippen LogP contribution in [-0.2, 0) is 0 Å². The predicted octanol–water partition coefficient (Wildman–Crippen LogP) is 12.9. The highest BCUT2D eigenvalue weighted by molar-refractivity contribution is 6.14. The third-order valence-corrected chi connectivity index (χ3v) is 9.94. The van der Waals surface area contributed by atoms with Gasteiger partial charge in [-0.1, -0.05) is 127 Å². The van der Waals surface area contributed by atoms with Gasteiger partial charge in [0.05, 0.1) is 27.8 Å². The zero-order chi connectivity index (χ0) is 34.3. The maximum absolute atomic E-state index is 5.86. The topological polar surface area (TPSA) is 9.86 Å². The number of allylic oxidation sites excluding steroid dienone is 4. The summed E-state index contributed by atoms with van der Waals surface area (Å²) in [5.74, 6) is 2.77. The number of rotatable bonds is 6. The lowest BCUT2D eigenvalue weighted by Crippen LogP contribution is -1.94. The number of nitrogens with zero attached hydrogens (tertiary/aromatic N) is 2. The van der Waals surface area contributed by atoms with Crippen molar-refractivity contribution in [3.8, 4) is 51.4 Å². The molecule has 0 aliphatic rings. The Balaban J connectivity index is 1.24. The third-order valence-electron chi connectivity index (χ3n) is 9.94. The van der Waals surface area contributed by atoms with E-state index in [0.29, 0.717) is 0 Å². The van der Waals surface area contributed by atoms with Gasteiger partial charge < -0.3 is 9.13 Å². The zero-order valence-electron chi connectivity index (χ0n) is 28.3. The molecule has 0 bridgehead atoms. The molecule has 0 aliphatic carbocycles. The first-order valence-corrected chi connectivity index (χ1v) is 17.3. The molecular weight excluding hydrogens is 617 g/mol. The van der Waals surface area contributed by atoms with Crippen molar-refractivity contribution in [1.82, 2.24) is 9.13 Å². The number of fused-ring (bicyclic) bond motifs is 6. The molecular formula is C49H34N2. The highest BCUT2D eigenvalue weighted by Gasteiger charge is 2.17. The summed E-state index contributed by atoms with van der Waals surface area (Å²) in [4.78, 5) is 0. The first kappa shape index (κ1) is 30.3. The van der Waals surface area contributed by atoms with Gasteiger partial charge >= 0.3 is 0 Å². The lowest BCUT2D eigenvalue weighted by atomic mass is 9.98. The van der Waals surface area contributed by atoms with Crippen LogP contribution in [0.3, 0.4) is 0 Å². The number of benzene rings is 7. The minimum atomic E-state index is 0.960. The van der Waals surface area contributed by atoms with Gasteiger partial charge in [0, 0.05) is 33.3 Å². The van der Waals surface area contributed by atoms with E-state index in [2.05, 4.69) is 185 Å². The van der Waals surface area contributed by atoms with Gasteiger partial charge in [0.1, 0.15) is 0 Å². The molecule has 7 aromatic carbocycles. The van der Waals surface area contributed by atoms with Crippen LogP contribution < -0.4 is 0 Å². The van der Waals surface area contributed by atoms with Gasteiger partial charge in [0.25, 0.3) is 0 Å². The molecule has 2 aromatic heterocycles. The van der Waals surface area contributed by atoms with Crippen molar-refractivity contribution >= 4 is 49.3 Å². The molecule has 0 saturated heterocycles. The fraction of sp³-hybridized carbons (Fsp3) is 0.0204. The molecule has 0 saturated carbocycles. The molecule has 0 aliphatic heterocycles. The second-order valence-electron chi connectivity index (χ2n) is 12.9. The zero-order valence-corrected chi connectivity index (χ0v) is 28.3. The Kier molecular flexibility index (Phi) is 7.46. The highest BCUT2D eigenvalue weighted by atomic mass is 15.0. The standard InChI is InChI=1S/C49H34N2/c1-3-13-40(14-4-2)50-47-29-26-37(36-23-21-35(22-24-36)34-15-7-5-8-16-34)31-44(47)45-32-38(27-30-48(45)50)39-25-28-43-42-19-11-12-20-46(42)51(49(43)33-39)41-17-9-6-10-18-41/h1,4-33H,2H3/b14-4-,40-13+. The van der Waals surface area contributed by atoms with Gasteiger partial charge in [-0.2, -0.15) is 0 Å². The molecule has 0 atom stereocenters. The van der Waals surface area contributed by atoms with Crippen LogP contribution >= 0.6 is 0 Å². The summed E-state index contributed by atoms with van der Waals surface area (Å²) in [6.45, 7) is 2.03. The van der Waals surface area contributed by atoms with Crippen LogP contribution in [0.15, 0.2) is 182 Å². The van der Waals surface area contributed by atoms with Crippen LogP contribution in [0.2, 0.25) is 0 Å². The first-order valence-electron chi connectivity index (χ1n) is 17.3. The van der Waals surface area contributed by atoms with E-state index in [1.165, 1.54) is 66.0 Å². The molecule has 0 unspecified atom stereocenters. The minimum absolute atomic E-state index is 0.960. The van der Waals surface area contributed by atoms with E-state index in [-0.39, 0.29) is 0 Å². The van der Waals surface area contributed by atoms with E-state index in [9.17, 15) is 0 Å². The Bertz CT molecular complexity index is 2840. The van der Waals surface area contributed by atoms with Gasteiger partial charge in [-0.15, -0.1) is 6.42 Å². The SMILES string of the molecule is C#C/C=C(\C=C/C)n1c2ccc(-c3ccc(-c4ccccc4)cc3)cc2c2cc(-c3ccc4c5ccccc5n(-c5ccccc5)c4c3)ccc21. The van der Waals surface area contributed by atoms with Gasteiger partial charge in [0.15, 0.2) is 0 Å². The van der Waals surface area contributed by atoms with Crippen LogP contribution in [0, 0.1) is 12.3 Å². The van der Waals surface area contributed by atoms with Gasteiger partial charge in [-0.05, 0) is 94.9 Å². The summed E-state index contributed by atoms with van der Waals surface area (Å²) < 4.78 is 4.66. The first-order chi connectivity index (χ1) is 25.2. The summed E-state index contributed by atoms with van der Waals surface area (Å²) in [5.41, 5.74) is 13.9. The van der Waals surface area contributed by atoms with Crippen LogP contribution in [0.4, 0.5) is 0 Å². The summed E-state index contributed by atoms with van der Waals surface area (Å²) in [6.07, 6.45) is 11.8. The van der Waals surface area contributed by atoms with Crippen LogP contribution in [0.5, 0.6) is 0 Å². The fourth-order valence-corrected chi connectivity index (χ4v) is 7.60. The second-order valence-corrected chi connectivity index (χ2v) is 12.9. The van der Waals surface area contributed by atoms with E-state index >= 15 is 0 Å². The van der Waals surface area contributed by atoms with Crippen molar-refractivity contribution in [2.45, 2.75) is 6.92 Å². The van der Waals surface area contributed by atoms with Crippen LogP contribution in [0.1, 0.15) is 6.92 Å². The van der Waals surface area contributed by atoms with Crippen molar-refractivity contribution in [2.24, 2.45) is 0 Å². The molecule has 0 N–H and O–H groups in total. The largest absolute Gasteiger partial charge is 0.309 e. The van der Waals surface area contributed by atoms with E-state index in [4.69, 9.17) is 6.42 Å². The molecule has 2 heterocycles. The van der Waals surface area contributed by atoms with Crippen molar-refractivity contribution in [2.75, 3.05) is 0 Å². The summed E-state index contributed by atoms with van der Waals surface area (Å²) >= 11 is 0. The average molecular weight is 651 g/mol. The molecule has 9 rings (SSSR count). The molecule has 240 valence electrons.